The molecule has 0 aromatic heterocycles. The summed E-state index contributed by atoms with van der Waals surface area (Å²) in [7, 11) is 0. The molecule has 35 heavy (non-hydrogen) atoms. The number of aliphatic hydroxyl groups is 1. The number of β-amino-alcohol motifs (C(OH)–C–C–N with tert-alkyl or cyclic N) is 1. The fraction of sp³-hybridized carbons (Fsp3) is 0.280. The molecule has 186 valence electrons. The quantitative estimate of drug-likeness (QED) is 0.420. The van der Waals surface area contributed by atoms with E-state index in [1.807, 2.05) is 4.90 Å². The van der Waals surface area contributed by atoms with Gasteiger partial charge in [0.05, 0.1) is 24.0 Å². The van der Waals surface area contributed by atoms with Gasteiger partial charge < -0.3 is 19.6 Å². The summed E-state index contributed by atoms with van der Waals surface area (Å²) in [6.45, 7) is -0.218. The zero-order chi connectivity index (χ0) is 25.2. The highest BCUT2D eigenvalue weighted by atomic mass is 19.4. The van der Waals surface area contributed by atoms with Crippen LogP contribution in [-0.2, 0) is 6.54 Å². The van der Waals surface area contributed by atoms with Crippen molar-refractivity contribution in [1.82, 2.24) is 0 Å². The van der Waals surface area contributed by atoms with E-state index in [4.69, 9.17) is 0 Å². The van der Waals surface area contributed by atoms with Crippen LogP contribution in [-0.4, -0.2) is 36.8 Å². The van der Waals surface area contributed by atoms with Gasteiger partial charge >= 0.3 is 12.5 Å². The first-order valence-electron chi connectivity index (χ1n) is 10.8. The van der Waals surface area contributed by atoms with Crippen LogP contribution in [0.2, 0.25) is 0 Å². The van der Waals surface area contributed by atoms with E-state index in [2.05, 4.69) is 4.74 Å². The summed E-state index contributed by atoms with van der Waals surface area (Å²) in [4.78, 5) is 3.43. The van der Waals surface area contributed by atoms with Gasteiger partial charge in [-0.1, -0.05) is 54.6 Å². The highest BCUT2D eigenvalue weighted by Crippen LogP contribution is 2.42. The van der Waals surface area contributed by atoms with Crippen molar-refractivity contribution in [2.45, 2.75) is 31.2 Å². The number of benzene rings is 3. The SMILES string of the molecule is O[C@H](CN1c2ccccc2N(Cc2cccc(OC(F)(F)F)c2)C[C@H]1c1ccccc1)C(F)(F)F. The summed E-state index contributed by atoms with van der Waals surface area (Å²) in [6, 6.07) is 20.8. The van der Waals surface area contributed by atoms with Gasteiger partial charge in [-0.25, -0.2) is 0 Å². The highest BCUT2D eigenvalue weighted by Gasteiger charge is 2.42. The van der Waals surface area contributed by atoms with Crippen LogP contribution in [0, 0.1) is 0 Å². The van der Waals surface area contributed by atoms with Gasteiger partial charge in [0.15, 0.2) is 6.10 Å². The Morgan fingerprint density at radius 1 is 0.857 bits per heavy atom. The van der Waals surface area contributed by atoms with Crippen molar-refractivity contribution in [1.29, 1.82) is 0 Å². The molecule has 0 amide bonds. The van der Waals surface area contributed by atoms with Crippen molar-refractivity contribution < 1.29 is 36.2 Å². The predicted octanol–water partition coefficient (Wildman–Crippen LogP) is 6.08. The van der Waals surface area contributed by atoms with Gasteiger partial charge in [-0.15, -0.1) is 13.2 Å². The third kappa shape index (κ3) is 6.00. The molecule has 2 atom stereocenters. The zero-order valence-electron chi connectivity index (χ0n) is 18.3. The van der Waals surface area contributed by atoms with Gasteiger partial charge in [-0.2, -0.15) is 13.2 Å². The minimum absolute atomic E-state index is 0.199. The number of fused-ring (bicyclic) bond motifs is 1. The molecular weight excluding hydrogens is 474 g/mol. The number of hydrogen-bond donors (Lipinski definition) is 1. The molecule has 0 bridgehead atoms. The molecule has 0 fully saturated rings. The van der Waals surface area contributed by atoms with Crippen LogP contribution in [0.25, 0.3) is 0 Å². The van der Waals surface area contributed by atoms with E-state index in [0.29, 0.717) is 16.9 Å². The Labute approximate surface area is 198 Å². The van der Waals surface area contributed by atoms with Crippen LogP contribution in [0.3, 0.4) is 0 Å². The second-order valence-corrected chi connectivity index (χ2v) is 8.20. The van der Waals surface area contributed by atoms with E-state index >= 15 is 0 Å². The smallest absolute Gasteiger partial charge is 0.406 e. The molecule has 0 aliphatic carbocycles. The van der Waals surface area contributed by atoms with Gasteiger partial charge in [-0.05, 0) is 35.4 Å². The van der Waals surface area contributed by atoms with Crippen molar-refractivity contribution in [3.05, 3.63) is 90.0 Å². The van der Waals surface area contributed by atoms with Gasteiger partial charge in [0.25, 0.3) is 0 Å². The molecule has 3 aromatic carbocycles. The van der Waals surface area contributed by atoms with Crippen LogP contribution < -0.4 is 14.5 Å². The standard InChI is InChI=1S/C25H22F6N2O2/c26-24(27,28)23(34)16-33-21-12-5-4-11-20(21)32(15-22(33)18-8-2-1-3-9-18)14-17-7-6-10-19(13-17)35-25(29,30)31/h1-13,22-23,34H,14-16H2/t22-,23+/m0/s1. The summed E-state index contributed by atoms with van der Waals surface area (Å²) >= 11 is 0. The molecule has 0 saturated carbocycles. The molecule has 4 rings (SSSR count). The molecule has 0 radical (unpaired) electrons. The van der Waals surface area contributed by atoms with E-state index < -0.39 is 31.2 Å². The average molecular weight is 496 g/mol. The number of aliphatic hydroxyl groups excluding tert-OH is 1. The number of para-hydroxylation sites is 2. The topological polar surface area (TPSA) is 35.9 Å². The highest BCUT2D eigenvalue weighted by molar-refractivity contribution is 5.74. The fourth-order valence-electron chi connectivity index (χ4n) is 4.24. The Morgan fingerprint density at radius 2 is 1.51 bits per heavy atom. The van der Waals surface area contributed by atoms with E-state index in [-0.39, 0.29) is 18.8 Å². The largest absolute Gasteiger partial charge is 0.573 e. The lowest BCUT2D eigenvalue weighted by atomic mass is 9.98. The number of hydrogen-bond acceptors (Lipinski definition) is 4. The first kappa shape index (κ1) is 24.7. The molecule has 1 heterocycles. The van der Waals surface area contributed by atoms with Crippen LogP contribution in [0.1, 0.15) is 17.2 Å². The number of rotatable bonds is 6. The third-order valence-electron chi connectivity index (χ3n) is 5.74. The maximum atomic E-state index is 13.3. The first-order chi connectivity index (χ1) is 16.5. The summed E-state index contributed by atoms with van der Waals surface area (Å²) < 4.78 is 81.8. The van der Waals surface area contributed by atoms with E-state index in [9.17, 15) is 31.4 Å². The van der Waals surface area contributed by atoms with Crippen molar-refractivity contribution in [3.8, 4) is 5.75 Å². The summed E-state index contributed by atoms with van der Waals surface area (Å²) in [6.07, 6.45) is -12.2. The monoisotopic (exact) mass is 496 g/mol. The Bertz CT molecular complexity index is 1140. The first-order valence-corrected chi connectivity index (χ1v) is 10.8. The molecule has 0 saturated heterocycles. The minimum atomic E-state index is -4.82. The average Bonchev–Trinajstić information content (AvgIpc) is 2.79. The molecule has 1 N–H and O–H groups in total. The zero-order valence-corrected chi connectivity index (χ0v) is 18.3. The van der Waals surface area contributed by atoms with E-state index in [1.165, 1.54) is 23.1 Å². The summed E-state index contributed by atoms with van der Waals surface area (Å²) in [5, 5.41) is 9.87. The van der Waals surface area contributed by atoms with E-state index in [0.717, 1.165) is 5.56 Å². The van der Waals surface area contributed by atoms with Gasteiger partial charge in [0.2, 0.25) is 0 Å². The van der Waals surface area contributed by atoms with Gasteiger partial charge in [-0.3, -0.25) is 0 Å². The van der Waals surface area contributed by atoms with Crippen molar-refractivity contribution >= 4 is 11.4 Å². The Hall–Kier alpha value is -3.40. The number of halogens is 6. The fourth-order valence-corrected chi connectivity index (χ4v) is 4.24. The third-order valence-corrected chi connectivity index (χ3v) is 5.74. The molecule has 0 unspecified atom stereocenters. The number of anilines is 2. The normalized spacial score (nSPS) is 17.2. The predicted molar refractivity (Wildman–Crippen MR) is 119 cm³/mol. The van der Waals surface area contributed by atoms with Gasteiger partial charge in [0.1, 0.15) is 5.75 Å². The maximum absolute atomic E-state index is 13.3. The maximum Gasteiger partial charge on any atom is 0.573 e. The van der Waals surface area contributed by atoms with E-state index in [1.54, 1.807) is 60.7 Å². The van der Waals surface area contributed by atoms with Gasteiger partial charge in [0, 0.05) is 13.1 Å². The molecular formula is C25H22F6N2O2. The molecule has 1 aliphatic rings. The molecule has 10 heteroatoms. The molecule has 3 aromatic rings. The van der Waals surface area contributed by atoms with Crippen LogP contribution in [0.4, 0.5) is 37.7 Å². The van der Waals surface area contributed by atoms with Crippen molar-refractivity contribution in [3.63, 3.8) is 0 Å². The number of nitrogens with zero attached hydrogens (tertiary/aromatic N) is 2. The second-order valence-electron chi connectivity index (χ2n) is 8.20. The van der Waals surface area contributed by atoms with Crippen LogP contribution in [0.5, 0.6) is 5.75 Å². The van der Waals surface area contributed by atoms with Crippen molar-refractivity contribution in [2.75, 3.05) is 22.9 Å². The number of ether oxygens (including phenoxy) is 1. The Balaban J connectivity index is 1.70. The lowest BCUT2D eigenvalue weighted by Crippen LogP contribution is -2.49. The Morgan fingerprint density at radius 3 is 2.17 bits per heavy atom. The Kier molecular flexibility index (Phi) is 6.84. The second kappa shape index (κ2) is 9.69. The minimum Gasteiger partial charge on any atom is -0.406 e. The van der Waals surface area contributed by atoms with Crippen molar-refractivity contribution in [2.24, 2.45) is 0 Å². The molecule has 4 nitrogen and oxygen atoms in total. The molecule has 1 aliphatic heterocycles. The lowest BCUT2D eigenvalue weighted by molar-refractivity contribution is -0.274. The van der Waals surface area contributed by atoms with Crippen LogP contribution >= 0.6 is 0 Å². The van der Waals surface area contributed by atoms with Crippen LogP contribution in [0.15, 0.2) is 78.9 Å². The lowest BCUT2D eigenvalue weighted by Gasteiger charge is -2.45. The number of alkyl halides is 6. The summed E-state index contributed by atoms with van der Waals surface area (Å²) in [5.74, 6) is -0.352. The summed E-state index contributed by atoms with van der Waals surface area (Å²) in [5.41, 5.74) is 2.38. The molecule has 0 spiro atoms.